The first kappa shape index (κ1) is 40.9. The third-order valence-electron chi connectivity index (χ3n) is 9.03. The number of carbonyl (C=O) groups excluding carboxylic acids is 4. The van der Waals surface area contributed by atoms with Gasteiger partial charge in [0.25, 0.3) is 10.1 Å². The van der Waals surface area contributed by atoms with E-state index in [-0.39, 0.29) is 58.4 Å². The molecule has 1 heterocycles. The molecule has 0 radical (unpaired) electrons. The predicted octanol–water partition coefficient (Wildman–Crippen LogP) is 3.73. The zero-order valence-corrected chi connectivity index (χ0v) is 29.8. The van der Waals surface area contributed by atoms with Crippen molar-refractivity contribution in [2.24, 2.45) is 28.6 Å². The lowest BCUT2D eigenvalue weighted by Crippen LogP contribution is -2.41. The quantitative estimate of drug-likeness (QED) is 0.0570. The Morgan fingerprint density at radius 3 is 2.09 bits per heavy atom. The molecule has 0 amide bonds. The number of rotatable bonds is 22. The Labute approximate surface area is 279 Å². The van der Waals surface area contributed by atoms with Crippen molar-refractivity contribution in [3.8, 4) is 0 Å². The first-order valence-corrected chi connectivity index (χ1v) is 18.2. The van der Waals surface area contributed by atoms with Crippen molar-refractivity contribution in [1.29, 1.82) is 0 Å². The first-order valence-electron chi connectivity index (χ1n) is 16.8. The highest BCUT2D eigenvalue weighted by molar-refractivity contribution is 7.87. The number of aliphatic hydroxyl groups is 1. The molecule has 272 valence electrons. The number of methoxy groups -OCH3 is 1. The third-order valence-corrected chi connectivity index (χ3v) is 10.8. The van der Waals surface area contributed by atoms with Crippen LogP contribution in [0.2, 0.25) is 0 Å². The van der Waals surface area contributed by atoms with Crippen LogP contribution in [-0.2, 0) is 57.2 Å². The third kappa shape index (κ3) is 13.6. The van der Waals surface area contributed by atoms with E-state index >= 15 is 0 Å². The van der Waals surface area contributed by atoms with Crippen molar-refractivity contribution in [3.63, 3.8) is 0 Å². The number of ether oxygens (including phenoxy) is 5. The van der Waals surface area contributed by atoms with Gasteiger partial charge in [-0.25, -0.2) is 0 Å². The molecule has 0 aromatic carbocycles. The molecule has 1 saturated heterocycles. The minimum absolute atomic E-state index is 0.0156. The van der Waals surface area contributed by atoms with Gasteiger partial charge in [0.15, 0.2) is 0 Å². The van der Waals surface area contributed by atoms with Crippen LogP contribution in [0, 0.1) is 28.6 Å². The molecule has 1 aliphatic carbocycles. The van der Waals surface area contributed by atoms with E-state index in [2.05, 4.69) is 6.92 Å². The van der Waals surface area contributed by atoms with Gasteiger partial charge in [0, 0.05) is 6.61 Å². The van der Waals surface area contributed by atoms with E-state index in [1.54, 1.807) is 27.7 Å². The van der Waals surface area contributed by atoms with Gasteiger partial charge >= 0.3 is 23.9 Å². The van der Waals surface area contributed by atoms with E-state index in [4.69, 9.17) is 33.0 Å². The van der Waals surface area contributed by atoms with E-state index in [9.17, 15) is 27.6 Å². The molecule has 0 spiro atoms. The molecule has 1 N–H and O–H groups in total. The van der Waals surface area contributed by atoms with Gasteiger partial charge < -0.3 is 28.8 Å². The Hall–Kier alpha value is -2.29. The summed E-state index contributed by atoms with van der Waals surface area (Å²) in [7, 11) is -2.56. The predicted molar refractivity (Wildman–Crippen MR) is 170 cm³/mol. The molecule has 2 fully saturated rings. The van der Waals surface area contributed by atoms with Crippen molar-refractivity contribution in [1.82, 2.24) is 0 Å². The summed E-state index contributed by atoms with van der Waals surface area (Å²) in [5.74, 6) is -3.68. The van der Waals surface area contributed by atoms with E-state index in [1.165, 1.54) is 7.11 Å². The molecular formula is C33H56O13S. The number of esters is 4. The molecule has 4 unspecified atom stereocenters. The van der Waals surface area contributed by atoms with Crippen molar-refractivity contribution in [2.75, 3.05) is 46.8 Å². The standard InChI is InChI=1S/C33H56O13S/c1-7-24(28(35)43-16-17-46-47(39,40)27-12-10-23(2)11-13-27)18-25(29(36)42-15-9-8-14-34)19-33(5,31(38)41-6)22-32(3,4)30(37)45-21-26-20-44-26/h23-27,34H,7-22H2,1-6H3. The number of carbonyl (C=O) groups is 4. The maximum atomic E-state index is 13.4. The summed E-state index contributed by atoms with van der Waals surface area (Å²) in [6.45, 7) is 8.75. The van der Waals surface area contributed by atoms with Crippen LogP contribution in [0.1, 0.15) is 98.8 Å². The summed E-state index contributed by atoms with van der Waals surface area (Å²) in [4.78, 5) is 52.7. The molecule has 1 saturated carbocycles. The Balaban J connectivity index is 2.12. The Morgan fingerprint density at radius 2 is 1.51 bits per heavy atom. The van der Waals surface area contributed by atoms with Gasteiger partial charge in [-0.05, 0) is 90.9 Å². The molecule has 47 heavy (non-hydrogen) atoms. The zero-order chi connectivity index (χ0) is 35.3. The van der Waals surface area contributed by atoms with Crippen LogP contribution in [0.5, 0.6) is 0 Å². The fourth-order valence-corrected chi connectivity index (χ4v) is 7.50. The van der Waals surface area contributed by atoms with Gasteiger partial charge in [-0.1, -0.05) is 13.8 Å². The molecule has 14 heteroatoms. The highest BCUT2D eigenvalue weighted by Crippen LogP contribution is 2.42. The molecule has 2 rings (SSSR count). The summed E-state index contributed by atoms with van der Waals surface area (Å²) in [6.07, 6.45) is 3.60. The average molecular weight is 693 g/mol. The van der Waals surface area contributed by atoms with E-state index < -0.39 is 61.9 Å². The smallest absolute Gasteiger partial charge is 0.311 e. The minimum atomic E-state index is -3.78. The van der Waals surface area contributed by atoms with Crippen LogP contribution in [0.4, 0.5) is 0 Å². The normalized spacial score (nSPS) is 22.3. The lowest BCUT2D eigenvalue weighted by molar-refractivity contribution is -0.164. The van der Waals surface area contributed by atoms with Crippen molar-refractivity contribution < 1.29 is 60.6 Å². The molecule has 0 aromatic rings. The largest absolute Gasteiger partial charge is 0.469 e. The van der Waals surface area contributed by atoms with Crippen molar-refractivity contribution in [3.05, 3.63) is 0 Å². The second kappa shape index (κ2) is 19.0. The summed E-state index contributed by atoms with van der Waals surface area (Å²) in [5.41, 5.74) is -2.48. The minimum Gasteiger partial charge on any atom is -0.469 e. The fraction of sp³-hybridized carbons (Fsp3) is 0.879. The number of epoxide rings is 1. The van der Waals surface area contributed by atoms with E-state index in [1.807, 2.05) is 0 Å². The second-order valence-electron chi connectivity index (χ2n) is 13.9. The average Bonchev–Trinajstić information content (AvgIpc) is 3.86. The summed E-state index contributed by atoms with van der Waals surface area (Å²) < 4.78 is 56.9. The van der Waals surface area contributed by atoms with Gasteiger partial charge in [0.05, 0.1) is 48.2 Å². The monoisotopic (exact) mass is 692 g/mol. The molecule has 2 aliphatic rings. The maximum Gasteiger partial charge on any atom is 0.311 e. The molecule has 0 aromatic heterocycles. The van der Waals surface area contributed by atoms with Crippen LogP contribution in [0.3, 0.4) is 0 Å². The first-order chi connectivity index (χ1) is 22.1. The van der Waals surface area contributed by atoms with Crippen LogP contribution >= 0.6 is 0 Å². The summed E-state index contributed by atoms with van der Waals surface area (Å²) in [5, 5.41) is 8.53. The van der Waals surface area contributed by atoms with Crippen molar-refractivity contribution >= 4 is 34.0 Å². The number of hydrogen-bond acceptors (Lipinski definition) is 13. The highest BCUT2D eigenvalue weighted by Gasteiger charge is 2.47. The summed E-state index contributed by atoms with van der Waals surface area (Å²) in [6, 6.07) is 0. The maximum absolute atomic E-state index is 13.4. The van der Waals surface area contributed by atoms with Gasteiger partial charge in [0.2, 0.25) is 0 Å². The van der Waals surface area contributed by atoms with Crippen LogP contribution in [0.25, 0.3) is 0 Å². The molecule has 0 bridgehead atoms. The van der Waals surface area contributed by atoms with E-state index in [0.717, 1.165) is 12.8 Å². The van der Waals surface area contributed by atoms with Crippen molar-refractivity contribution in [2.45, 2.75) is 110 Å². The lowest BCUT2D eigenvalue weighted by atomic mass is 9.68. The molecular weight excluding hydrogens is 636 g/mol. The number of hydrogen-bond donors (Lipinski definition) is 1. The van der Waals surface area contributed by atoms with Gasteiger partial charge in [-0.15, -0.1) is 0 Å². The zero-order valence-electron chi connectivity index (χ0n) is 29.0. The van der Waals surface area contributed by atoms with Gasteiger partial charge in [0.1, 0.15) is 25.9 Å². The molecule has 1 aliphatic heterocycles. The summed E-state index contributed by atoms with van der Waals surface area (Å²) >= 11 is 0. The molecule has 4 atom stereocenters. The van der Waals surface area contributed by atoms with E-state index in [0.29, 0.717) is 44.6 Å². The number of unbranched alkanes of at least 4 members (excludes halogenated alkanes) is 1. The Kier molecular flexibility index (Phi) is 16.6. The Morgan fingerprint density at radius 1 is 0.894 bits per heavy atom. The van der Waals surface area contributed by atoms with Gasteiger partial charge in [-0.3, -0.25) is 23.4 Å². The van der Waals surface area contributed by atoms with Crippen LogP contribution in [0.15, 0.2) is 0 Å². The van der Waals surface area contributed by atoms with Crippen LogP contribution in [-0.4, -0.2) is 95.5 Å². The lowest BCUT2D eigenvalue weighted by Gasteiger charge is -2.36. The van der Waals surface area contributed by atoms with Crippen LogP contribution < -0.4 is 0 Å². The topological polar surface area (TPSA) is 181 Å². The SMILES string of the molecule is CCC(CC(CC(C)(CC(C)(C)C(=O)OCC1CO1)C(=O)OC)C(=O)OCCCCO)C(=O)OCCOS(=O)(=O)C1CCC(C)CC1. The Bertz CT molecular complexity index is 1130. The fourth-order valence-electron chi connectivity index (χ4n) is 6.16. The highest BCUT2D eigenvalue weighted by atomic mass is 32.2. The number of aliphatic hydroxyl groups excluding tert-OH is 1. The molecule has 13 nitrogen and oxygen atoms in total. The second-order valence-corrected chi connectivity index (χ2v) is 15.8. The van der Waals surface area contributed by atoms with Gasteiger partial charge in [-0.2, -0.15) is 8.42 Å².